The quantitative estimate of drug-likeness (QED) is 0.185. The van der Waals surface area contributed by atoms with Crippen LogP contribution < -0.4 is 18.9 Å². The smallest absolute Gasteiger partial charge is 0.338 e. The van der Waals surface area contributed by atoms with Gasteiger partial charge < -0.3 is 18.9 Å². The van der Waals surface area contributed by atoms with Crippen LogP contribution >= 0.6 is 0 Å². The van der Waals surface area contributed by atoms with Crippen molar-refractivity contribution in [3.63, 3.8) is 0 Å². The summed E-state index contributed by atoms with van der Waals surface area (Å²) in [5.41, 5.74) is 1.18. The number of esters is 3. The Bertz CT molecular complexity index is 1260. The fraction of sp³-hybridized carbons (Fsp3) is 0.111. The van der Waals surface area contributed by atoms with Gasteiger partial charge in [-0.2, -0.15) is 0 Å². The summed E-state index contributed by atoms with van der Waals surface area (Å²) in [6, 6.07) is 8.51. The SMILES string of the molecule is C=C(C)C(=O)Oc1cc(C#Cc2cc(OC(=O)C(=C)C)cc(OC(=O)C(=C)C)c2)cc(OC=O)c1. The maximum Gasteiger partial charge on any atom is 0.338 e. The Hall–Kier alpha value is -4.90. The first-order valence-electron chi connectivity index (χ1n) is 10.0. The highest BCUT2D eigenvalue weighted by atomic mass is 16.6. The first-order chi connectivity index (χ1) is 16.5. The molecule has 178 valence electrons. The average Bonchev–Trinajstić information content (AvgIpc) is 2.77. The molecule has 0 saturated carbocycles. The van der Waals surface area contributed by atoms with Crippen molar-refractivity contribution in [3.8, 4) is 34.8 Å². The summed E-state index contributed by atoms with van der Waals surface area (Å²) >= 11 is 0. The molecular formula is C27H22O8. The Kier molecular flexibility index (Phi) is 8.90. The predicted octanol–water partition coefficient (Wildman–Crippen LogP) is 4.07. The van der Waals surface area contributed by atoms with Crippen LogP contribution in [0.2, 0.25) is 0 Å². The van der Waals surface area contributed by atoms with Gasteiger partial charge in [0.15, 0.2) is 0 Å². The minimum Gasteiger partial charge on any atom is -0.429 e. The summed E-state index contributed by atoms with van der Waals surface area (Å²) in [4.78, 5) is 46.5. The Morgan fingerprint density at radius 1 is 0.629 bits per heavy atom. The summed E-state index contributed by atoms with van der Waals surface area (Å²) < 4.78 is 20.5. The van der Waals surface area contributed by atoms with Crippen molar-refractivity contribution in [3.05, 3.63) is 84.0 Å². The van der Waals surface area contributed by atoms with Crippen molar-refractivity contribution in [2.75, 3.05) is 0 Å². The van der Waals surface area contributed by atoms with Crippen molar-refractivity contribution in [1.82, 2.24) is 0 Å². The van der Waals surface area contributed by atoms with Crippen LogP contribution in [0.25, 0.3) is 0 Å². The van der Waals surface area contributed by atoms with Crippen LogP contribution in [0, 0.1) is 11.8 Å². The first-order valence-corrected chi connectivity index (χ1v) is 10.0. The third kappa shape index (κ3) is 8.18. The molecule has 0 atom stereocenters. The zero-order chi connectivity index (χ0) is 26.1. The van der Waals surface area contributed by atoms with Crippen LogP contribution in [0.1, 0.15) is 31.9 Å². The second-order valence-corrected chi connectivity index (χ2v) is 7.36. The third-order valence-corrected chi connectivity index (χ3v) is 3.97. The van der Waals surface area contributed by atoms with Gasteiger partial charge in [0.05, 0.1) is 0 Å². The Morgan fingerprint density at radius 3 is 1.26 bits per heavy atom. The Morgan fingerprint density at radius 2 is 0.943 bits per heavy atom. The summed E-state index contributed by atoms with van der Waals surface area (Å²) in [6.45, 7) is 15.3. The number of hydrogen-bond donors (Lipinski definition) is 0. The van der Waals surface area contributed by atoms with Crippen LogP contribution in [0.3, 0.4) is 0 Å². The molecule has 0 aliphatic carbocycles. The number of carbonyl (C=O) groups excluding carboxylic acids is 4. The van der Waals surface area contributed by atoms with Crippen molar-refractivity contribution in [2.45, 2.75) is 20.8 Å². The molecule has 35 heavy (non-hydrogen) atoms. The number of ether oxygens (including phenoxy) is 4. The lowest BCUT2D eigenvalue weighted by molar-refractivity contribution is -0.131. The predicted molar refractivity (Wildman–Crippen MR) is 127 cm³/mol. The van der Waals surface area contributed by atoms with E-state index in [1.54, 1.807) is 0 Å². The number of benzene rings is 2. The minimum atomic E-state index is -0.671. The van der Waals surface area contributed by atoms with Gasteiger partial charge in [0.2, 0.25) is 0 Å². The van der Waals surface area contributed by atoms with Crippen LogP contribution in [-0.4, -0.2) is 24.4 Å². The number of carbonyl (C=O) groups is 4. The van der Waals surface area contributed by atoms with E-state index in [9.17, 15) is 19.2 Å². The largest absolute Gasteiger partial charge is 0.429 e. The van der Waals surface area contributed by atoms with Crippen LogP contribution in [0.15, 0.2) is 72.9 Å². The average molecular weight is 474 g/mol. The van der Waals surface area contributed by atoms with Crippen LogP contribution in [0.4, 0.5) is 0 Å². The molecule has 0 radical (unpaired) electrons. The molecule has 0 amide bonds. The molecule has 0 aromatic heterocycles. The fourth-order valence-corrected chi connectivity index (χ4v) is 2.31. The maximum atomic E-state index is 11.9. The summed E-state index contributed by atoms with van der Waals surface area (Å²) in [6.07, 6.45) is 0. The monoisotopic (exact) mass is 474 g/mol. The standard InChI is InChI=1S/C27H22O8/c1-16(2)25(29)33-22-10-19(9-21(13-22)32-15-28)7-8-20-11-23(34-26(30)17(3)4)14-24(12-20)35-27(31)18(5)6/h9-15H,1,3,5H2,2,4,6H3. The molecule has 8 nitrogen and oxygen atoms in total. The summed E-state index contributed by atoms with van der Waals surface area (Å²) in [5, 5.41) is 0. The lowest BCUT2D eigenvalue weighted by atomic mass is 10.1. The van der Waals surface area contributed by atoms with E-state index in [-0.39, 0.29) is 46.2 Å². The van der Waals surface area contributed by atoms with E-state index in [1.807, 2.05) is 0 Å². The molecule has 2 aromatic rings. The molecule has 2 rings (SSSR count). The number of hydrogen-bond acceptors (Lipinski definition) is 8. The van der Waals surface area contributed by atoms with Crippen molar-refractivity contribution in [2.24, 2.45) is 0 Å². The van der Waals surface area contributed by atoms with E-state index in [0.717, 1.165) is 0 Å². The van der Waals surface area contributed by atoms with Gasteiger partial charge >= 0.3 is 17.9 Å². The lowest BCUT2D eigenvalue weighted by Gasteiger charge is -2.09. The zero-order valence-corrected chi connectivity index (χ0v) is 19.4. The highest BCUT2D eigenvalue weighted by Gasteiger charge is 2.12. The highest BCUT2D eigenvalue weighted by molar-refractivity contribution is 5.90. The zero-order valence-electron chi connectivity index (χ0n) is 19.4. The molecule has 0 aliphatic heterocycles. The molecular weight excluding hydrogens is 452 g/mol. The number of rotatable bonds is 8. The second kappa shape index (κ2) is 11.8. The molecule has 0 bridgehead atoms. The van der Waals surface area contributed by atoms with Gasteiger partial charge in [0.1, 0.15) is 23.0 Å². The molecule has 0 heterocycles. The lowest BCUT2D eigenvalue weighted by Crippen LogP contribution is -2.10. The van der Waals surface area contributed by atoms with Gasteiger partial charge in [0, 0.05) is 40.0 Å². The maximum absolute atomic E-state index is 11.9. The second-order valence-electron chi connectivity index (χ2n) is 7.36. The molecule has 8 heteroatoms. The molecule has 0 N–H and O–H groups in total. The van der Waals surface area contributed by atoms with Gasteiger partial charge in [-0.1, -0.05) is 31.6 Å². The minimum absolute atomic E-state index is 0.0726. The first kappa shape index (κ1) is 26.4. The molecule has 0 aliphatic rings. The summed E-state index contributed by atoms with van der Waals surface area (Å²) in [5.74, 6) is 3.99. The van der Waals surface area contributed by atoms with Crippen molar-refractivity contribution >= 4 is 24.4 Å². The third-order valence-electron chi connectivity index (χ3n) is 3.97. The highest BCUT2D eigenvalue weighted by Crippen LogP contribution is 2.26. The molecule has 0 saturated heterocycles. The van der Waals surface area contributed by atoms with Gasteiger partial charge in [-0.25, -0.2) is 14.4 Å². The van der Waals surface area contributed by atoms with Gasteiger partial charge in [-0.15, -0.1) is 0 Å². The van der Waals surface area contributed by atoms with E-state index in [1.165, 1.54) is 57.2 Å². The van der Waals surface area contributed by atoms with E-state index >= 15 is 0 Å². The van der Waals surface area contributed by atoms with Gasteiger partial charge in [0.25, 0.3) is 6.47 Å². The van der Waals surface area contributed by atoms with Gasteiger partial charge in [-0.05, 0) is 45.0 Å². The van der Waals surface area contributed by atoms with E-state index in [4.69, 9.17) is 18.9 Å². The Balaban J connectivity index is 2.49. The summed E-state index contributed by atoms with van der Waals surface area (Å²) in [7, 11) is 0. The van der Waals surface area contributed by atoms with E-state index in [2.05, 4.69) is 31.6 Å². The Labute approximate surface area is 202 Å². The fourth-order valence-electron chi connectivity index (χ4n) is 2.31. The van der Waals surface area contributed by atoms with Crippen LogP contribution in [-0.2, 0) is 19.2 Å². The molecule has 0 unspecified atom stereocenters. The van der Waals surface area contributed by atoms with Crippen molar-refractivity contribution < 1.29 is 38.1 Å². The van der Waals surface area contributed by atoms with E-state index in [0.29, 0.717) is 11.1 Å². The molecule has 2 aromatic carbocycles. The van der Waals surface area contributed by atoms with Crippen LogP contribution in [0.5, 0.6) is 23.0 Å². The topological polar surface area (TPSA) is 105 Å². The van der Waals surface area contributed by atoms with E-state index < -0.39 is 17.9 Å². The molecule has 0 fully saturated rings. The normalized spacial score (nSPS) is 9.57. The van der Waals surface area contributed by atoms with Gasteiger partial charge in [-0.3, -0.25) is 4.79 Å². The molecule has 0 spiro atoms. The van der Waals surface area contributed by atoms with Crippen molar-refractivity contribution in [1.29, 1.82) is 0 Å².